The maximum absolute atomic E-state index is 11.9. The zero-order valence-corrected chi connectivity index (χ0v) is 13.7. The zero-order chi connectivity index (χ0) is 18.1. The topological polar surface area (TPSA) is 107 Å². The molecule has 0 aliphatic heterocycles. The molecule has 0 atom stereocenters. The van der Waals surface area contributed by atoms with Crippen LogP contribution in [-0.2, 0) is 6.42 Å². The van der Waals surface area contributed by atoms with Crippen molar-refractivity contribution >= 4 is 28.1 Å². The minimum absolute atomic E-state index is 0.213. The third kappa shape index (κ3) is 2.79. The van der Waals surface area contributed by atoms with E-state index >= 15 is 0 Å². The van der Waals surface area contributed by atoms with Crippen molar-refractivity contribution in [2.75, 3.05) is 17.2 Å². The van der Waals surface area contributed by atoms with Crippen LogP contribution in [0.4, 0.5) is 17.1 Å². The van der Waals surface area contributed by atoms with Crippen LogP contribution in [0.3, 0.4) is 0 Å². The van der Waals surface area contributed by atoms with E-state index in [1.807, 2.05) is 24.3 Å². The quantitative estimate of drug-likeness (QED) is 0.398. The van der Waals surface area contributed by atoms with Gasteiger partial charge in [-0.3, -0.25) is 9.59 Å². The van der Waals surface area contributed by atoms with Gasteiger partial charge in [-0.1, -0.05) is 18.2 Å². The second-order valence-electron chi connectivity index (χ2n) is 5.97. The van der Waals surface area contributed by atoms with Crippen molar-refractivity contribution in [3.63, 3.8) is 0 Å². The van der Waals surface area contributed by atoms with Gasteiger partial charge in [0.25, 0.3) is 10.9 Å². The highest BCUT2D eigenvalue weighted by atomic mass is 16.3. The number of nitrogens with zero attached hydrogens (tertiary/aromatic N) is 1. The van der Waals surface area contributed by atoms with Gasteiger partial charge in [0.2, 0.25) is 0 Å². The van der Waals surface area contributed by atoms with E-state index in [0.29, 0.717) is 18.7 Å². The number of hydrogen-bond donors (Lipinski definition) is 4. The fourth-order valence-electron chi connectivity index (χ4n) is 2.88. The van der Waals surface area contributed by atoms with E-state index in [1.54, 1.807) is 24.5 Å². The fourth-order valence-corrected chi connectivity index (χ4v) is 2.88. The average Bonchev–Trinajstić information content (AvgIpc) is 3.12. The molecule has 4 rings (SSSR count). The lowest BCUT2D eigenvalue weighted by atomic mass is 10.1. The summed E-state index contributed by atoms with van der Waals surface area (Å²) in [5.74, 6) is 0.213. The van der Waals surface area contributed by atoms with Crippen molar-refractivity contribution in [1.29, 1.82) is 0 Å². The molecule has 7 heteroatoms. The number of aromatic hydroxyl groups is 1. The molecule has 3 aromatic carbocycles. The van der Waals surface area contributed by atoms with Crippen LogP contribution in [0.25, 0.3) is 11.0 Å². The van der Waals surface area contributed by atoms with Gasteiger partial charge < -0.3 is 20.7 Å². The smallest absolute Gasteiger partial charge is 0.253 e. The summed E-state index contributed by atoms with van der Waals surface area (Å²) in [6, 6.07) is 12.5. The summed E-state index contributed by atoms with van der Waals surface area (Å²) in [7, 11) is 0. The monoisotopic (exact) mass is 348 g/mol. The van der Waals surface area contributed by atoms with Crippen molar-refractivity contribution < 1.29 is 5.11 Å². The van der Waals surface area contributed by atoms with E-state index in [-0.39, 0.29) is 17.1 Å². The number of aromatic amines is 1. The number of anilines is 3. The Morgan fingerprint density at radius 3 is 2.69 bits per heavy atom. The molecule has 0 amide bonds. The summed E-state index contributed by atoms with van der Waals surface area (Å²) < 4.78 is 0. The molecule has 26 heavy (non-hydrogen) atoms. The molecule has 1 aromatic heterocycles. The molecule has 0 saturated carbocycles. The number of H-pyrrole nitrogens is 1. The third-order valence-electron chi connectivity index (χ3n) is 4.29. The van der Waals surface area contributed by atoms with Gasteiger partial charge in [-0.25, -0.2) is 4.98 Å². The zero-order valence-electron chi connectivity index (χ0n) is 13.7. The molecule has 0 aliphatic rings. The maximum Gasteiger partial charge on any atom is 0.253 e. The molecule has 0 aliphatic carbocycles. The van der Waals surface area contributed by atoms with Gasteiger partial charge in [0.15, 0.2) is 0 Å². The lowest BCUT2D eigenvalue weighted by molar-refractivity contribution is 0.468. The molecule has 1 heterocycles. The highest BCUT2D eigenvalue weighted by Gasteiger charge is 2.20. The van der Waals surface area contributed by atoms with E-state index in [2.05, 4.69) is 20.6 Å². The molecule has 7 nitrogen and oxygen atoms in total. The molecule has 4 N–H and O–H groups in total. The van der Waals surface area contributed by atoms with Crippen LogP contribution in [-0.4, -0.2) is 21.6 Å². The summed E-state index contributed by atoms with van der Waals surface area (Å²) in [4.78, 5) is 30.9. The van der Waals surface area contributed by atoms with Gasteiger partial charge in [0.1, 0.15) is 17.1 Å². The number of rotatable bonds is 6. The van der Waals surface area contributed by atoms with Gasteiger partial charge in [-0.15, -0.1) is 0 Å². The molecule has 0 fully saturated rings. The van der Waals surface area contributed by atoms with Gasteiger partial charge in [-0.05, 0) is 36.2 Å². The lowest BCUT2D eigenvalue weighted by Crippen LogP contribution is -2.37. The van der Waals surface area contributed by atoms with Crippen LogP contribution in [0.1, 0.15) is 5.56 Å². The third-order valence-corrected chi connectivity index (χ3v) is 4.29. The van der Waals surface area contributed by atoms with E-state index in [4.69, 9.17) is 0 Å². The van der Waals surface area contributed by atoms with Crippen LogP contribution < -0.4 is 21.5 Å². The SMILES string of the molecule is O=c1c(NCCc2ccccc2O)c(Nc2ccc3[nH]cnc3c2)c1=O. The molecule has 0 saturated heterocycles. The lowest BCUT2D eigenvalue weighted by Gasteiger charge is -2.15. The van der Waals surface area contributed by atoms with Crippen molar-refractivity contribution in [3.8, 4) is 5.75 Å². The van der Waals surface area contributed by atoms with E-state index < -0.39 is 10.9 Å². The molecule has 0 unspecified atom stereocenters. The standard InChI is InChI=1S/C19H16N4O3/c24-15-4-2-1-3-11(15)7-8-20-16-17(19(26)18(16)25)23-12-5-6-13-14(9-12)22-10-21-13/h1-6,9-10,20,23-24H,7-8H2,(H,21,22). The van der Waals surface area contributed by atoms with E-state index in [9.17, 15) is 14.7 Å². The first-order valence-electron chi connectivity index (χ1n) is 8.17. The number of fused-ring (bicyclic) bond motifs is 1. The highest BCUT2D eigenvalue weighted by molar-refractivity contribution is 5.84. The number of phenolic OH excluding ortho intramolecular Hbond substituents is 1. The predicted molar refractivity (Wildman–Crippen MR) is 101 cm³/mol. The first kappa shape index (κ1) is 15.9. The Balaban J connectivity index is 1.48. The largest absolute Gasteiger partial charge is 0.508 e. The number of benzene rings is 2. The number of imidazole rings is 1. The Bertz CT molecular complexity index is 1160. The average molecular weight is 348 g/mol. The Morgan fingerprint density at radius 1 is 1.04 bits per heavy atom. The molecule has 0 bridgehead atoms. The second kappa shape index (κ2) is 6.36. The molecule has 0 radical (unpaired) electrons. The Hall–Kier alpha value is -3.61. The van der Waals surface area contributed by atoms with E-state index in [0.717, 1.165) is 16.6 Å². The molecular weight excluding hydrogens is 332 g/mol. The van der Waals surface area contributed by atoms with Gasteiger partial charge >= 0.3 is 0 Å². The van der Waals surface area contributed by atoms with Crippen molar-refractivity contribution in [2.45, 2.75) is 6.42 Å². The van der Waals surface area contributed by atoms with Crippen LogP contribution in [0.2, 0.25) is 0 Å². The maximum atomic E-state index is 11.9. The summed E-state index contributed by atoms with van der Waals surface area (Å²) in [5.41, 5.74) is 2.56. The Kier molecular flexibility index (Phi) is 3.89. The van der Waals surface area contributed by atoms with Crippen LogP contribution >= 0.6 is 0 Å². The minimum Gasteiger partial charge on any atom is -0.508 e. The first-order valence-corrected chi connectivity index (χ1v) is 8.17. The van der Waals surface area contributed by atoms with Crippen LogP contribution in [0.15, 0.2) is 58.4 Å². The van der Waals surface area contributed by atoms with Gasteiger partial charge in [0.05, 0.1) is 17.4 Å². The van der Waals surface area contributed by atoms with Crippen LogP contribution in [0, 0.1) is 0 Å². The molecule has 4 aromatic rings. The van der Waals surface area contributed by atoms with Crippen molar-refractivity contribution in [1.82, 2.24) is 9.97 Å². The summed E-state index contributed by atoms with van der Waals surface area (Å²) in [6.45, 7) is 0.426. The van der Waals surface area contributed by atoms with Crippen LogP contribution in [0.5, 0.6) is 5.75 Å². The normalized spacial score (nSPS) is 11.1. The summed E-state index contributed by atoms with van der Waals surface area (Å²) >= 11 is 0. The number of hydrogen-bond acceptors (Lipinski definition) is 6. The summed E-state index contributed by atoms with van der Waals surface area (Å²) in [6.07, 6.45) is 2.13. The van der Waals surface area contributed by atoms with Gasteiger partial charge in [-0.2, -0.15) is 0 Å². The molecule has 130 valence electrons. The number of nitrogens with one attached hydrogen (secondary N) is 3. The Morgan fingerprint density at radius 2 is 1.85 bits per heavy atom. The first-order chi connectivity index (χ1) is 12.6. The minimum atomic E-state index is -0.544. The molecule has 0 spiro atoms. The van der Waals surface area contributed by atoms with Gasteiger partial charge in [0, 0.05) is 12.2 Å². The predicted octanol–water partition coefficient (Wildman–Crippen LogP) is 2.26. The second-order valence-corrected chi connectivity index (χ2v) is 5.97. The fraction of sp³-hybridized carbons (Fsp3) is 0.105. The van der Waals surface area contributed by atoms with Crippen molar-refractivity contribution in [3.05, 3.63) is 74.8 Å². The number of aromatic nitrogens is 2. The van der Waals surface area contributed by atoms with E-state index in [1.165, 1.54) is 0 Å². The highest BCUT2D eigenvalue weighted by Crippen LogP contribution is 2.23. The van der Waals surface area contributed by atoms with Crippen molar-refractivity contribution in [2.24, 2.45) is 0 Å². The Labute approximate surface area is 148 Å². The number of para-hydroxylation sites is 1. The summed E-state index contributed by atoms with van der Waals surface area (Å²) in [5, 5.41) is 15.8. The number of phenols is 1. The molecular formula is C19H16N4O3.